The Labute approximate surface area is 119 Å². The first-order valence-electron chi connectivity index (χ1n) is 5.56. The van der Waals surface area contributed by atoms with E-state index in [1.807, 2.05) is 37.5 Å². The average molecular weight is 327 g/mol. The minimum Gasteiger partial charge on any atom is -0.317 e. The first-order valence-corrected chi connectivity index (χ1v) is 6.73. The van der Waals surface area contributed by atoms with Crippen LogP contribution in [0.15, 0.2) is 33.5 Å². The smallest absolute Gasteiger partial charge is 0.182 e. The molecular formula is C14H13BrClNO. The van der Waals surface area contributed by atoms with Gasteiger partial charge >= 0.3 is 0 Å². The van der Waals surface area contributed by atoms with Crippen molar-refractivity contribution in [3.05, 3.63) is 60.9 Å². The van der Waals surface area contributed by atoms with Crippen molar-refractivity contribution < 1.29 is 0 Å². The maximum Gasteiger partial charge on any atom is 0.182 e. The molecule has 2 aromatic rings. The molecule has 2 nitrogen and oxygen atoms in total. The van der Waals surface area contributed by atoms with Crippen LogP contribution in [0.4, 0.5) is 0 Å². The van der Waals surface area contributed by atoms with Gasteiger partial charge in [-0.05, 0) is 54.4 Å². The molecule has 2 rings (SSSR count). The van der Waals surface area contributed by atoms with E-state index in [2.05, 4.69) is 15.9 Å². The van der Waals surface area contributed by atoms with Crippen molar-refractivity contribution in [1.29, 1.82) is 0 Å². The van der Waals surface area contributed by atoms with Crippen LogP contribution in [0.3, 0.4) is 0 Å². The largest absolute Gasteiger partial charge is 0.317 e. The van der Waals surface area contributed by atoms with Crippen LogP contribution in [0, 0.1) is 20.8 Å². The van der Waals surface area contributed by atoms with Gasteiger partial charge in [-0.3, -0.25) is 4.79 Å². The van der Waals surface area contributed by atoms with Crippen LogP contribution in [0.25, 0.3) is 5.69 Å². The molecule has 0 bridgehead atoms. The molecule has 0 aliphatic rings. The van der Waals surface area contributed by atoms with Crippen LogP contribution in [0.5, 0.6) is 0 Å². The van der Waals surface area contributed by atoms with Crippen LogP contribution in [-0.4, -0.2) is 4.57 Å². The summed E-state index contributed by atoms with van der Waals surface area (Å²) in [5.74, 6) is 0. The second-order valence-electron chi connectivity index (χ2n) is 4.36. The van der Waals surface area contributed by atoms with E-state index in [9.17, 15) is 4.79 Å². The Morgan fingerprint density at radius 2 is 1.61 bits per heavy atom. The summed E-state index contributed by atoms with van der Waals surface area (Å²) in [6.45, 7) is 5.78. The van der Waals surface area contributed by atoms with Crippen LogP contribution < -0.4 is 5.43 Å². The molecule has 0 saturated heterocycles. The van der Waals surface area contributed by atoms with Gasteiger partial charge in [-0.15, -0.1) is 0 Å². The molecule has 0 amide bonds. The minimum atomic E-state index is 0.0237. The number of aromatic nitrogens is 1. The van der Waals surface area contributed by atoms with E-state index >= 15 is 0 Å². The Hall–Kier alpha value is -1.06. The standard InChI is InChI=1S/C14H13BrClNO/c1-8-4-12(15)14(7-13(8)16)17-9(2)5-11(18)6-10(17)3/h4-7H,1-3H3. The van der Waals surface area contributed by atoms with Gasteiger partial charge in [0.1, 0.15) is 0 Å². The molecule has 0 atom stereocenters. The molecular weight excluding hydrogens is 314 g/mol. The molecule has 0 radical (unpaired) electrons. The lowest BCUT2D eigenvalue weighted by Gasteiger charge is -2.17. The second-order valence-corrected chi connectivity index (χ2v) is 5.62. The highest BCUT2D eigenvalue weighted by atomic mass is 79.9. The normalized spacial score (nSPS) is 10.7. The number of halogens is 2. The fourth-order valence-electron chi connectivity index (χ4n) is 2.05. The summed E-state index contributed by atoms with van der Waals surface area (Å²) >= 11 is 9.72. The zero-order valence-electron chi connectivity index (χ0n) is 10.4. The van der Waals surface area contributed by atoms with Crippen LogP contribution >= 0.6 is 27.5 Å². The van der Waals surface area contributed by atoms with Gasteiger partial charge in [0, 0.05) is 33.0 Å². The summed E-state index contributed by atoms with van der Waals surface area (Å²) < 4.78 is 2.97. The Morgan fingerprint density at radius 3 is 2.17 bits per heavy atom. The predicted octanol–water partition coefficient (Wildman–Crippen LogP) is 4.18. The van der Waals surface area contributed by atoms with Gasteiger partial charge in [-0.2, -0.15) is 0 Å². The number of pyridine rings is 1. The minimum absolute atomic E-state index is 0.0237. The van der Waals surface area contributed by atoms with Crippen molar-refractivity contribution >= 4 is 27.5 Å². The monoisotopic (exact) mass is 325 g/mol. The third kappa shape index (κ3) is 2.38. The molecule has 4 heteroatoms. The molecule has 0 spiro atoms. The van der Waals surface area contributed by atoms with Crippen molar-refractivity contribution in [1.82, 2.24) is 4.57 Å². The third-order valence-corrected chi connectivity index (χ3v) is 3.92. The number of hydrogen-bond donors (Lipinski definition) is 0. The molecule has 0 N–H and O–H groups in total. The molecule has 1 aromatic carbocycles. The summed E-state index contributed by atoms with van der Waals surface area (Å²) in [4.78, 5) is 11.4. The summed E-state index contributed by atoms with van der Waals surface area (Å²) in [5.41, 5.74) is 3.76. The van der Waals surface area contributed by atoms with Crippen molar-refractivity contribution in [2.24, 2.45) is 0 Å². The fourth-order valence-corrected chi connectivity index (χ4v) is 2.84. The maximum absolute atomic E-state index is 11.4. The van der Waals surface area contributed by atoms with Crippen LogP contribution in [-0.2, 0) is 0 Å². The molecule has 0 saturated carbocycles. The van der Waals surface area contributed by atoms with Gasteiger partial charge < -0.3 is 4.57 Å². The summed E-state index contributed by atoms with van der Waals surface area (Å²) in [5, 5.41) is 0.714. The van der Waals surface area contributed by atoms with E-state index in [-0.39, 0.29) is 5.43 Å². The third-order valence-electron chi connectivity index (χ3n) is 2.88. The summed E-state index contributed by atoms with van der Waals surface area (Å²) in [6.07, 6.45) is 0. The number of hydrogen-bond acceptors (Lipinski definition) is 1. The number of nitrogens with zero attached hydrogens (tertiary/aromatic N) is 1. The van der Waals surface area contributed by atoms with Gasteiger partial charge in [0.25, 0.3) is 0 Å². The molecule has 1 heterocycles. The van der Waals surface area contributed by atoms with Crippen LogP contribution in [0.1, 0.15) is 17.0 Å². The Morgan fingerprint density at radius 1 is 1.06 bits per heavy atom. The zero-order chi connectivity index (χ0) is 13.4. The number of rotatable bonds is 1. The van der Waals surface area contributed by atoms with Gasteiger partial charge in [0.05, 0.1) is 5.69 Å². The lowest BCUT2D eigenvalue weighted by Crippen LogP contribution is -2.11. The molecule has 0 unspecified atom stereocenters. The van der Waals surface area contributed by atoms with Crippen molar-refractivity contribution in [3.63, 3.8) is 0 Å². The first-order chi connectivity index (χ1) is 8.40. The fraction of sp³-hybridized carbons (Fsp3) is 0.214. The molecule has 0 aliphatic heterocycles. The van der Waals surface area contributed by atoms with E-state index in [4.69, 9.17) is 11.6 Å². The summed E-state index contributed by atoms with van der Waals surface area (Å²) in [7, 11) is 0. The molecule has 94 valence electrons. The quantitative estimate of drug-likeness (QED) is 0.770. The predicted molar refractivity (Wildman–Crippen MR) is 79.0 cm³/mol. The Bertz CT molecular complexity index is 650. The maximum atomic E-state index is 11.4. The van der Waals surface area contributed by atoms with E-state index in [1.54, 1.807) is 12.1 Å². The van der Waals surface area contributed by atoms with Crippen LogP contribution in [0.2, 0.25) is 5.02 Å². The van der Waals surface area contributed by atoms with Crippen molar-refractivity contribution in [2.75, 3.05) is 0 Å². The van der Waals surface area contributed by atoms with E-state index in [1.165, 1.54) is 0 Å². The van der Waals surface area contributed by atoms with Crippen molar-refractivity contribution in [2.45, 2.75) is 20.8 Å². The lowest BCUT2D eigenvalue weighted by molar-refractivity contribution is 0.917. The highest BCUT2D eigenvalue weighted by Gasteiger charge is 2.10. The summed E-state index contributed by atoms with van der Waals surface area (Å²) in [6, 6.07) is 7.13. The van der Waals surface area contributed by atoms with Gasteiger partial charge in [-0.1, -0.05) is 11.6 Å². The Kier molecular flexibility index (Phi) is 3.64. The molecule has 18 heavy (non-hydrogen) atoms. The highest BCUT2D eigenvalue weighted by Crippen LogP contribution is 2.29. The topological polar surface area (TPSA) is 22.0 Å². The average Bonchev–Trinajstić information content (AvgIpc) is 2.24. The molecule has 0 fully saturated rings. The van der Waals surface area contributed by atoms with E-state index in [0.29, 0.717) is 5.02 Å². The second kappa shape index (κ2) is 4.90. The molecule has 1 aromatic heterocycles. The highest BCUT2D eigenvalue weighted by molar-refractivity contribution is 9.10. The van der Waals surface area contributed by atoms with Gasteiger partial charge in [-0.25, -0.2) is 0 Å². The van der Waals surface area contributed by atoms with Gasteiger partial charge in [0.2, 0.25) is 0 Å². The number of benzene rings is 1. The SMILES string of the molecule is Cc1cc(Br)c(-n2c(C)cc(=O)cc2C)cc1Cl. The van der Waals surface area contributed by atoms with Crippen molar-refractivity contribution in [3.8, 4) is 5.69 Å². The van der Waals surface area contributed by atoms with E-state index in [0.717, 1.165) is 27.1 Å². The van der Waals surface area contributed by atoms with Gasteiger partial charge in [0.15, 0.2) is 5.43 Å². The van der Waals surface area contributed by atoms with E-state index < -0.39 is 0 Å². The zero-order valence-corrected chi connectivity index (χ0v) is 12.8. The first kappa shape index (κ1) is 13.4. The number of aryl methyl sites for hydroxylation is 3. The Balaban J connectivity index is 2.77. The lowest BCUT2D eigenvalue weighted by atomic mass is 10.2. The molecule has 0 aliphatic carbocycles.